The van der Waals surface area contributed by atoms with Crippen molar-refractivity contribution in [3.63, 3.8) is 0 Å². The molecule has 2 aliphatic rings. The minimum atomic E-state index is -0.167. The van der Waals surface area contributed by atoms with Gasteiger partial charge in [0, 0.05) is 22.3 Å². The van der Waals surface area contributed by atoms with Gasteiger partial charge in [0.25, 0.3) is 0 Å². The average molecular weight is 468 g/mol. The van der Waals surface area contributed by atoms with Crippen LogP contribution in [0.3, 0.4) is 0 Å². The molecule has 34 heavy (non-hydrogen) atoms. The van der Waals surface area contributed by atoms with Gasteiger partial charge in [-0.2, -0.15) is 0 Å². The van der Waals surface area contributed by atoms with Crippen LogP contribution in [0, 0.1) is 13.8 Å². The molecule has 0 saturated carbocycles. The number of benzene rings is 2. The number of hydrogen-bond donors (Lipinski definition) is 1. The van der Waals surface area contributed by atoms with Gasteiger partial charge in [-0.15, -0.1) is 11.3 Å². The van der Waals surface area contributed by atoms with Crippen LogP contribution in [0.5, 0.6) is 0 Å². The molecule has 2 amide bonds. The van der Waals surface area contributed by atoms with Crippen molar-refractivity contribution in [1.82, 2.24) is 9.47 Å². The van der Waals surface area contributed by atoms with Crippen LogP contribution in [-0.4, -0.2) is 15.5 Å². The van der Waals surface area contributed by atoms with Crippen LogP contribution >= 0.6 is 11.3 Å². The summed E-state index contributed by atoms with van der Waals surface area (Å²) in [6.45, 7) is 4.76. The monoisotopic (exact) mass is 467 g/mol. The summed E-state index contributed by atoms with van der Waals surface area (Å²) in [4.78, 5) is 17.5. The van der Waals surface area contributed by atoms with Gasteiger partial charge in [0.05, 0.1) is 18.3 Å². The van der Waals surface area contributed by atoms with Gasteiger partial charge < -0.3 is 14.8 Å². The number of anilines is 1. The predicted molar refractivity (Wildman–Crippen MR) is 139 cm³/mol. The van der Waals surface area contributed by atoms with E-state index in [2.05, 4.69) is 72.4 Å². The maximum absolute atomic E-state index is 14.0. The molecule has 172 valence electrons. The highest BCUT2D eigenvalue weighted by Gasteiger charge is 2.36. The molecule has 3 heterocycles. The summed E-state index contributed by atoms with van der Waals surface area (Å²) in [7, 11) is 0. The van der Waals surface area contributed by atoms with Gasteiger partial charge in [0.2, 0.25) is 0 Å². The minimum Gasteiger partial charge on any atom is -0.310 e. The number of fused-ring (bicyclic) bond motifs is 5. The summed E-state index contributed by atoms with van der Waals surface area (Å²) in [5.41, 5.74) is 8.23. The number of carbonyl (C=O) groups excluding carboxylic acids is 1. The van der Waals surface area contributed by atoms with E-state index in [1.807, 2.05) is 34.4 Å². The molecule has 4 aromatic rings. The second-order valence-corrected chi connectivity index (χ2v) is 10.5. The lowest BCUT2D eigenvalue weighted by molar-refractivity contribution is 0.194. The zero-order valence-electron chi connectivity index (χ0n) is 19.7. The third-order valence-corrected chi connectivity index (χ3v) is 8.73. The predicted octanol–water partition coefficient (Wildman–Crippen LogP) is 7.17. The largest absolute Gasteiger partial charge is 0.322 e. The first kappa shape index (κ1) is 21.2. The first-order valence-electron chi connectivity index (χ1n) is 12.1. The van der Waals surface area contributed by atoms with E-state index in [0.29, 0.717) is 6.54 Å². The van der Waals surface area contributed by atoms with Gasteiger partial charge in [0.15, 0.2) is 0 Å². The second-order valence-electron chi connectivity index (χ2n) is 9.42. The molecule has 0 spiro atoms. The molecule has 0 bridgehead atoms. The molecule has 0 saturated heterocycles. The summed E-state index contributed by atoms with van der Waals surface area (Å²) in [6, 6.07) is 20.6. The average Bonchev–Trinajstić information content (AvgIpc) is 3.44. The van der Waals surface area contributed by atoms with Crippen LogP contribution < -0.4 is 5.32 Å². The van der Waals surface area contributed by atoms with E-state index >= 15 is 0 Å². The number of carbonyl (C=O) groups is 1. The summed E-state index contributed by atoms with van der Waals surface area (Å²) >= 11 is 1.92. The van der Waals surface area contributed by atoms with Crippen LogP contribution in [0.2, 0.25) is 0 Å². The topological polar surface area (TPSA) is 37.3 Å². The lowest BCUT2D eigenvalue weighted by Crippen LogP contribution is -2.38. The van der Waals surface area contributed by atoms with E-state index < -0.39 is 0 Å². The standard InChI is InChI=1S/C29H29N3OS/c1-19-10-8-14-24(20(19)2)30-29(33)32-18-23-22-13-6-7-16-26(22)34-28(23)31-17-9-15-25(31)27(32)21-11-4-3-5-12-21/h3-5,8-12,14-15,17,27H,6-7,13,16,18H2,1-2H3,(H,30,33). The van der Waals surface area contributed by atoms with Crippen LogP contribution in [0.25, 0.3) is 5.00 Å². The maximum atomic E-state index is 14.0. The number of amides is 2. The van der Waals surface area contributed by atoms with Gasteiger partial charge >= 0.3 is 6.03 Å². The van der Waals surface area contributed by atoms with Crippen LogP contribution in [-0.2, 0) is 19.4 Å². The fourth-order valence-electron chi connectivity index (χ4n) is 5.45. The van der Waals surface area contributed by atoms with E-state index in [0.717, 1.165) is 35.3 Å². The Morgan fingerprint density at radius 1 is 0.941 bits per heavy atom. The lowest BCUT2D eigenvalue weighted by atomic mass is 9.95. The minimum absolute atomic E-state index is 0.0566. The SMILES string of the molecule is Cc1cccc(NC(=O)N2Cc3c(sc4c3CCCC4)-n3cccc3C2c2ccccc2)c1C. The van der Waals surface area contributed by atoms with Crippen LogP contribution in [0.4, 0.5) is 10.5 Å². The Bertz CT molecular complexity index is 1370. The summed E-state index contributed by atoms with van der Waals surface area (Å²) in [5, 5.41) is 4.54. The number of aryl methyl sites for hydroxylation is 2. The zero-order valence-corrected chi connectivity index (χ0v) is 20.5. The number of nitrogens with one attached hydrogen (secondary N) is 1. The molecule has 5 heteroatoms. The highest BCUT2D eigenvalue weighted by Crippen LogP contribution is 2.44. The number of aromatic nitrogens is 1. The van der Waals surface area contributed by atoms with E-state index in [1.54, 1.807) is 0 Å². The van der Waals surface area contributed by atoms with Crippen molar-refractivity contribution >= 4 is 23.1 Å². The van der Waals surface area contributed by atoms with Gasteiger partial charge in [0.1, 0.15) is 5.00 Å². The summed E-state index contributed by atoms with van der Waals surface area (Å²) in [5.74, 6) is 0. The molecule has 1 atom stereocenters. The maximum Gasteiger partial charge on any atom is 0.322 e. The van der Waals surface area contributed by atoms with Crippen LogP contribution in [0.1, 0.15) is 57.3 Å². The Morgan fingerprint density at radius 3 is 2.62 bits per heavy atom. The third kappa shape index (κ3) is 3.46. The molecule has 1 aliphatic heterocycles. The molecule has 0 fully saturated rings. The Hall–Kier alpha value is -3.31. The molecule has 2 aromatic heterocycles. The highest BCUT2D eigenvalue weighted by molar-refractivity contribution is 7.15. The van der Waals surface area contributed by atoms with Crippen molar-refractivity contribution in [2.24, 2.45) is 0 Å². The highest BCUT2D eigenvalue weighted by atomic mass is 32.1. The first-order chi connectivity index (χ1) is 16.6. The second kappa shape index (κ2) is 8.48. The molecule has 1 unspecified atom stereocenters. The molecule has 4 nitrogen and oxygen atoms in total. The van der Waals surface area contributed by atoms with Crippen molar-refractivity contribution in [2.75, 3.05) is 5.32 Å². The van der Waals surface area contributed by atoms with Gasteiger partial charge in [-0.3, -0.25) is 0 Å². The van der Waals surface area contributed by atoms with E-state index in [9.17, 15) is 4.79 Å². The summed E-state index contributed by atoms with van der Waals surface area (Å²) in [6.07, 6.45) is 6.92. The van der Waals surface area contributed by atoms with Gasteiger partial charge in [-0.25, -0.2) is 4.79 Å². The number of hydrogen-bond acceptors (Lipinski definition) is 2. The number of urea groups is 1. The Kier molecular flexibility index (Phi) is 5.30. The van der Waals surface area contributed by atoms with Crippen LogP contribution in [0.15, 0.2) is 66.9 Å². The van der Waals surface area contributed by atoms with E-state index in [-0.39, 0.29) is 12.1 Å². The Balaban J connectivity index is 1.50. The molecule has 6 rings (SSSR count). The zero-order chi connectivity index (χ0) is 23.2. The number of thiophene rings is 1. The summed E-state index contributed by atoms with van der Waals surface area (Å²) < 4.78 is 2.33. The van der Waals surface area contributed by atoms with E-state index in [4.69, 9.17) is 0 Å². The van der Waals surface area contributed by atoms with Crippen molar-refractivity contribution in [2.45, 2.75) is 52.1 Å². The molecular weight excluding hydrogens is 438 g/mol. The molecule has 0 radical (unpaired) electrons. The molecule has 2 aromatic carbocycles. The van der Waals surface area contributed by atoms with Crippen molar-refractivity contribution < 1.29 is 4.79 Å². The number of nitrogens with zero attached hydrogens (tertiary/aromatic N) is 2. The quantitative estimate of drug-likeness (QED) is 0.333. The molecule has 1 N–H and O–H groups in total. The van der Waals surface area contributed by atoms with Gasteiger partial charge in [-0.05, 0) is 80.0 Å². The first-order valence-corrected chi connectivity index (χ1v) is 12.9. The Morgan fingerprint density at radius 2 is 1.76 bits per heavy atom. The van der Waals surface area contributed by atoms with E-state index in [1.165, 1.54) is 39.4 Å². The fraction of sp³-hybridized carbons (Fsp3) is 0.276. The molecular formula is C29H29N3OS. The number of rotatable bonds is 2. The Labute approximate surface area is 204 Å². The lowest BCUT2D eigenvalue weighted by Gasteiger charge is -2.31. The third-order valence-electron chi connectivity index (χ3n) is 7.40. The van der Waals surface area contributed by atoms with Crippen molar-refractivity contribution in [3.05, 3.63) is 105 Å². The van der Waals surface area contributed by atoms with Crippen molar-refractivity contribution in [1.29, 1.82) is 0 Å². The van der Waals surface area contributed by atoms with Gasteiger partial charge in [-0.1, -0.05) is 42.5 Å². The smallest absolute Gasteiger partial charge is 0.310 e. The van der Waals surface area contributed by atoms with Crippen molar-refractivity contribution in [3.8, 4) is 5.00 Å². The molecule has 1 aliphatic carbocycles. The normalized spacial score (nSPS) is 16.9. The fourth-order valence-corrected chi connectivity index (χ4v) is 6.85.